The molecule has 2 amide bonds. The van der Waals surface area contributed by atoms with Gasteiger partial charge >= 0.3 is 5.97 Å². The first-order valence-corrected chi connectivity index (χ1v) is 11.2. The summed E-state index contributed by atoms with van der Waals surface area (Å²) >= 11 is 11.9. The first-order valence-electron chi connectivity index (χ1n) is 10.4. The van der Waals surface area contributed by atoms with Crippen LogP contribution in [-0.2, 0) is 20.9 Å². The Hall–Kier alpha value is -3.36. The molecule has 0 saturated heterocycles. The van der Waals surface area contributed by atoms with Gasteiger partial charge in [0, 0.05) is 28.2 Å². The summed E-state index contributed by atoms with van der Waals surface area (Å²) in [6.07, 6.45) is 3.25. The van der Waals surface area contributed by atoms with Crippen LogP contribution >= 0.6 is 23.2 Å². The van der Waals surface area contributed by atoms with E-state index in [4.69, 9.17) is 27.9 Å². The number of rotatable bonds is 8. The van der Waals surface area contributed by atoms with Crippen molar-refractivity contribution in [2.24, 2.45) is 11.0 Å². The molecule has 0 radical (unpaired) electrons. The molecule has 1 atom stereocenters. The Labute approximate surface area is 206 Å². The molecule has 0 aliphatic rings. The van der Waals surface area contributed by atoms with Crippen LogP contribution < -0.4 is 10.7 Å². The molecular formula is C24H24Cl2N4O4. The van der Waals surface area contributed by atoms with Crippen molar-refractivity contribution in [2.45, 2.75) is 26.4 Å². The van der Waals surface area contributed by atoms with E-state index in [1.54, 1.807) is 10.8 Å². The number of amides is 2. The van der Waals surface area contributed by atoms with Gasteiger partial charge in [-0.05, 0) is 30.2 Å². The number of methoxy groups -OCH3 is 1. The molecule has 1 heterocycles. The number of carbonyl (C=O) groups is 3. The van der Waals surface area contributed by atoms with E-state index in [1.807, 2.05) is 38.1 Å². The lowest BCUT2D eigenvalue weighted by atomic mass is 10.0. The molecule has 10 heteroatoms. The number of fused-ring (bicyclic) bond motifs is 1. The summed E-state index contributed by atoms with van der Waals surface area (Å²) in [7, 11) is 1.33. The van der Waals surface area contributed by atoms with Crippen LogP contribution in [-0.4, -0.2) is 41.7 Å². The Morgan fingerprint density at radius 1 is 1.12 bits per heavy atom. The topological polar surface area (TPSA) is 102 Å². The molecule has 0 aliphatic heterocycles. The molecule has 3 aromatic rings. The zero-order valence-electron chi connectivity index (χ0n) is 18.8. The average molecular weight is 503 g/mol. The standard InChI is InChI=1S/C24H24Cl2N4O4/c1-14(2)22(28-23(32)15-8-9-18(25)19(26)10-15)24(33)29-27-11-16-12-30(13-21(31)34-3)20-7-5-4-6-17(16)20/h4-12,14,22H,13H2,1-3H3,(H,28,32)(H,29,33). The predicted octanol–water partition coefficient (Wildman–Crippen LogP) is 4.03. The van der Waals surface area contributed by atoms with Gasteiger partial charge in [-0.2, -0.15) is 5.10 Å². The Morgan fingerprint density at radius 3 is 2.53 bits per heavy atom. The summed E-state index contributed by atoms with van der Waals surface area (Å²) in [5.74, 6) is -1.51. The van der Waals surface area contributed by atoms with Gasteiger partial charge in [0.15, 0.2) is 0 Å². The fourth-order valence-electron chi connectivity index (χ4n) is 3.34. The second kappa shape index (κ2) is 11.2. The fraction of sp³-hybridized carbons (Fsp3) is 0.250. The second-order valence-electron chi connectivity index (χ2n) is 7.86. The molecule has 0 aliphatic carbocycles. The molecular weight excluding hydrogens is 479 g/mol. The van der Waals surface area contributed by atoms with E-state index in [2.05, 4.69) is 15.8 Å². The molecule has 8 nitrogen and oxygen atoms in total. The van der Waals surface area contributed by atoms with Crippen LogP contribution in [0, 0.1) is 5.92 Å². The summed E-state index contributed by atoms with van der Waals surface area (Å²) in [6.45, 7) is 3.67. The number of para-hydroxylation sites is 1. The minimum absolute atomic E-state index is 0.0490. The number of benzene rings is 2. The number of nitrogens with one attached hydrogen (secondary N) is 2. The molecule has 1 unspecified atom stereocenters. The lowest BCUT2D eigenvalue weighted by molar-refractivity contribution is -0.141. The first-order chi connectivity index (χ1) is 16.2. The van der Waals surface area contributed by atoms with Gasteiger partial charge < -0.3 is 14.6 Å². The Kier molecular flexibility index (Phi) is 8.31. The third-order valence-electron chi connectivity index (χ3n) is 5.14. The minimum atomic E-state index is -0.834. The summed E-state index contributed by atoms with van der Waals surface area (Å²) in [5.41, 5.74) is 4.31. The maximum atomic E-state index is 12.8. The zero-order valence-corrected chi connectivity index (χ0v) is 20.4. The van der Waals surface area contributed by atoms with E-state index >= 15 is 0 Å². The number of hydrogen-bond donors (Lipinski definition) is 2. The van der Waals surface area contributed by atoms with Crippen molar-refractivity contribution >= 4 is 58.1 Å². The minimum Gasteiger partial charge on any atom is -0.468 e. The monoisotopic (exact) mass is 502 g/mol. The van der Waals surface area contributed by atoms with Gasteiger partial charge in [0.05, 0.1) is 23.4 Å². The van der Waals surface area contributed by atoms with Crippen molar-refractivity contribution in [3.8, 4) is 0 Å². The van der Waals surface area contributed by atoms with Crippen molar-refractivity contribution in [2.75, 3.05) is 7.11 Å². The number of carbonyl (C=O) groups excluding carboxylic acids is 3. The fourth-order valence-corrected chi connectivity index (χ4v) is 3.64. The third-order valence-corrected chi connectivity index (χ3v) is 5.88. The SMILES string of the molecule is COC(=O)Cn1cc(C=NNC(=O)C(NC(=O)c2ccc(Cl)c(Cl)c2)C(C)C)c2ccccc21. The summed E-state index contributed by atoms with van der Waals surface area (Å²) in [6, 6.07) is 11.2. The van der Waals surface area contributed by atoms with E-state index in [-0.39, 0.29) is 29.0 Å². The van der Waals surface area contributed by atoms with E-state index in [0.29, 0.717) is 10.6 Å². The van der Waals surface area contributed by atoms with Crippen LogP contribution in [0.15, 0.2) is 53.8 Å². The van der Waals surface area contributed by atoms with Gasteiger partial charge in [-0.15, -0.1) is 0 Å². The summed E-state index contributed by atoms with van der Waals surface area (Å²) in [4.78, 5) is 37.1. The molecule has 0 fully saturated rings. The van der Waals surface area contributed by atoms with Crippen molar-refractivity contribution < 1.29 is 19.1 Å². The number of nitrogens with zero attached hydrogens (tertiary/aromatic N) is 2. The quantitative estimate of drug-likeness (QED) is 0.275. The van der Waals surface area contributed by atoms with Crippen LogP contribution in [0.2, 0.25) is 10.0 Å². The highest BCUT2D eigenvalue weighted by Gasteiger charge is 2.25. The van der Waals surface area contributed by atoms with Gasteiger partial charge in [-0.1, -0.05) is 55.2 Å². The third kappa shape index (κ3) is 5.95. The Balaban J connectivity index is 1.73. The number of ether oxygens (including phenoxy) is 1. The van der Waals surface area contributed by atoms with Gasteiger partial charge in [0.2, 0.25) is 0 Å². The summed E-state index contributed by atoms with van der Waals surface area (Å²) in [5, 5.41) is 8.21. The lowest BCUT2D eigenvalue weighted by Crippen LogP contribution is -2.48. The van der Waals surface area contributed by atoms with Crippen LogP contribution in [0.4, 0.5) is 0 Å². The number of halogens is 2. The molecule has 0 bridgehead atoms. The van der Waals surface area contributed by atoms with Crippen molar-refractivity contribution in [1.82, 2.24) is 15.3 Å². The van der Waals surface area contributed by atoms with E-state index < -0.39 is 17.9 Å². The normalized spacial score (nSPS) is 12.2. The number of hydrogen-bond acceptors (Lipinski definition) is 5. The maximum Gasteiger partial charge on any atom is 0.325 e. The van der Waals surface area contributed by atoms with Gasteiger partial charge in [0.1, 0.15) is 12.6 Å². The summed E-state index contributed by atoms with van der Waals surface area (Å²) < 4.78 is 6.50. The second-order valence-corrected chi connectivity index (χ2v) is 8.68. The maximum absolute atomic E-state index is 12.8. The molecule has 3 rings (SSSR count). The van der Waals surface area contributed by atoms with Crippen LogP contribution in [0.25, 0.3) is 10.9 Å². The van der Waals surface area contributed by atoms with Gasteiger partial charge in [0.25, 0.3) is 11.8 Å². The van der Waals surface area contributed by atoms with Crippen molar-refractivity contribution in [3.05, 3.63) is 69.8 Å². The van der Waals surface area contributed by atoms with E-state index in [9.17, 15) is 14.4 Å². The van der Waals surface area contributed by atoms with Crippen LogP contribution in [0.1, 0.15) is 29.8 Å². The van der Waals surface area contributed by atoms with Crippen LogP contribution in [0.3, 0.4) is 0 Å². The molecule has 2 aromatic carbocycles. The van der Waals surface area contributed by atoms with Gasteiger partial charge in [-0.25, -0.2) is 5.43 Å². The largest absolute Gasteiger partial charge is 0.468 e. The van der Waals surface area contributed by atoms with Crippen LogP contribution in [0.5, 0.6) is 0 Å². The highest BCUT2D eigenvalue weighted by atomic mass is 35.5. The van der Waals surface area contributed by atoms with E-state index in [1.165, 1.54) is 31.5 Å². The molecule has 1 aromatic heterocycles. The van der Waals surface area contributed by atoms with Crippen molar-refractivity contribution in [1.29, 1.82) is 0 Å². The smallest absolute Gasteiger partial charge is 0.325 e. The Morgan fingerprint density at radius 2 is 1.85 bits per heavy atom. The zero-order chi connectivity index (χ0) is 24.8. The molecule has 178 valence electrons. The molecule has 2 N–H and O–H groups in total. The highest BCUT2D eigenvalue weighted by Crippen LogP contribution is 2.23. The van der Waals surface area contributed by atoms with Gasteiger partial charge in [-0.3, -0.25) is 14.4 Å². The molecule has 0 spiro atoms. The number of hydrazone groups is 1. The first kappa shape index (κ1) is 25.3. The van der Waals surface area contributed by atoms with Crippen molar-refractivity contribution in [3.63, 3.8) is 0 Å². The average Bonchev–Trinajstić information content (AvgIpc) is 3.16. The Bertz CT molecular complexity index is 1250. The lowest BCUT2D eigenvalue weighted by Gasteiger charge is -2.20. The molecule has 0 saturated carbocycles. The molecule has 34 heavy (non-hydrogen) atoms. The predicted molar refractivity (Wildman–Crippen MR) is 132 cm³/mol. The van der Waals surface area contributed by atoms with E-state index in [0.717, 1.165) is 10.9 Å². The number of esters is 1. The highest BCUT2D eigenvalue weighted by molar-refractivity contribution is 6.42. The number of aromatic nitrogens is 1.